The fraction of sp³-hybridized carbons (Fsp3) is 0.529. The van der Waals surface area contributed by atoms with Crippen LogP contribution >= 0.6 is 0 Å². The Balaban J connectivity index is 2.25. The van der Waals surface area contributed by atoms with Crippen LogP contribution in [-0.2, 0) is 6.42 Å². The number of aryl methyl sites for hydroxylation is 2. The van der Waals surface area contributed by atoms with Crippen molar-refractivity contribution >= 4 is 0 Å². The second-order valence-electron chi connectivity index (χ2n) is 5.87. The summed E-state index contributed by atoms with van der Waals surface area (Å²) in [4.78, 5) is 4.44. The third-order valence-corrected chi connectivity index (χ3v) is 3.85. The summed E-state index contributed by atoms with van der Waals surface area (Å²) in [6.07, 6.45) is 2.89. The molecule has 0 aromatic carbocycles. The van der Waals surface area contributed by atoms with Crippen molar-refractivity contribution in [1.82, 2.24) is 20.1 Å². The summed E-state index contributed by atoms with van der Waals surface area (Å²) < 4.78 is 1.97. The Morgan fingerprint density at radius 1 is 1.29 bits per heavy atom. The average molecular weight is 286 g/mol. The van der Waals surface area contributed by atoms with E-state index in [9.17, 15) is 0 Å². The van der Waals surface area contributed by atoms with E-state index in [1.807, 2.05) is 16.9 Å². The number of nitrogens with one attached hydrogen (secondary N) is 1. The van der Waals surface area contributed by atoms with Crippen molar-refractivity contribution in [2.24, 2.45) is 5.92 Å². The van der Waals surface area contributed by atoms with Crippen molar-refractivity contribution in [3.63, 3.8) is 0 Å². The molecule has 0 aliphatic carbocycles. The summed E-state index contributed by atoms with van der Waals surface area (Å²) in [5.41, 5.74) is 4.87. The molecule has 2 rings (SSSR count). The summed E-state index contributed by atoms with van der Waals surface area (Å²) in [6, 6.07) is 4.08. The van der Waals surface area contributed by atoms with E-state index >= 15 is 0 Å². The molecule has 0 bridgehead atoms. The molecule has 2 heterocycles. The van der Waals surface area contributed by atoms with Crippen LogP contribution in [0.15, 0.2) is 18.3 Å². The predicted octanol–water partition coefficient (Wildman–Crippen LogP) is 2.98. The van der Waals surface area contributed by atoms with Crippen LogP contribution in [0, 0.1) is 26.7 Å². The molecule has 0 spiro atoms. The first kappa shape index (κ1) is 15.7. The molecule has 114 valence electrons. The minimum absolute atomic E-state index is 0.602. The molecule has 0 saturated heterocycles. The molecule has 4 nitrogen and oxygen atoms in total. The van der Waals surface area contributed by atoms with Crippen molar-refractivity contribution < 1.29 is 0 Å². The van der Waals surface area contributed by atoms with E-state index in [4.69, 9.17) is 0 Å². The Morgan fingerprint density at radius 3 is 2.71 bits per heavy atom. The zero-order valence-corrected chi connectivity index (χ0v) is 13.8. The van der Waals surface area contributed by atoms with Gasteiger partial charge < -0.3 is 5.32 Å². The molecule has 2 aromatic rings. The molecular formula is C17H26N4. The van der Waals surface area contributed by atoms with Crippen LogP contribution in [0.1, 0.15) is 36.4 Å². The van der Waals surface area contributed by atoms with Gasteiger partial charge in [-0.2, -0.15) is 5.10 Å². The number of pyridine rings is 1. The van der Waals surface area contributed by atoms with Gasteiger partial charge in [0.15, 0.2) is 5.82 Å². The Hall–Kier alpha value is -1.68. The monoisotopic (exact) mass is 286 g/mol. The van der Waals surface area contributed by atoms with E-state index in [0.717, 1.165) is 31.0 Å². The molecule has 2 aromatic heterocycles. The predicted molar refractivity (Wildman–Crippen MR) is 87.0 cm³/mol. The van der Waals surface area contributed by atoms with Crippen molar-refractivity contribution in [3.05, 3.63) is 40.8 Å². The molecule has 4 heteroatoms. The molecule has 21 heavy (non-hydrogen) atoms. The zero-order chi connectivity index (χ0) is 15.4. The van der Waals surface area contributed by atoms with Gasteiger partial charge in [-0.3, -0.25) is 0 Å². The van der Waals surface area contributed by atoms with E-state index in [0.29, 0.717) is 5.92 Å². The maximum absolute atomic E-state index is 4.69. The summed E-state index contributed by atoms with van der Waals surface area (Å²) in [5.74, 6) is 1.51. The molecule has 0 amide bonds. The third-order valence-electron chi connectivity index (χ3n) is 3.85. The first-order chi connectivity index (χ1) is 10.0. The maximum atomic E-state index is 4.69. The smallest absolute Gasteiger partial charge is 0.153 e. The second kappa shape index (κ2) is 6.85. The Labute approximate surface area is 127 Å². The molecular weight excluding hydrogens is 260 g/mol. The zero-order valence-electron chi connectivity index (χ0n) is 13.8. The molecule has 1 unspecified atom stereocenters. The first-order valence-corrected chi connectivity index (χ1v) is 7.71. The third kappa shape index (κ3) is 3.70. The SMILES string of the molecule is CCNCC(C)Cc1c(C)nn(-c2cc(C)ccn2)c1C. The highest BCUT2D eigenvalue weighted by Crippen LogP contribution is 2.20. The Kier molecular flexibility index (Phi) is 5.12. The molecule has 0 fully saturated rings. The molecule has 1 atom stereocenters. The van der Waals surface area contributed by atoms with Gasteiger partial charge in [0, 0.05) is 11.9 Å². The highest BCUT2D eigenvalue weighted by atomic mass is 15.3. The lowest BCUT2D eigenvalue weighted by Crippen LogP contribution is -2.22. The lowest BCUT2D eigenvalue weighted by Gasteiger charge is -2.12. The van der Waals surface area contributed by atoms with Crippen LogP contribution in [0.2, 0.25) is 0 Å². The normalized spacial score (nSPS) is 12.6. The van der Waals surface area contributed by atoms with Gasteiger partial charge in [-0.25, -0.2) is 9.67 Å². The molecule has 0 radical (unpaired) electrons. The van der Waals surface area contributed by atoms with Crippen molar-refractivity contribution in [3.8, 4) is 5.82 Å². The largest absolute Gasteiger partial charge is 0.317 e. The van der Waals surface area contributed by atoms with E-state index in [1.165, 1.54) is 16.8 Å². The van der Waals surface area contributed by atoms with E-state index in [2.05, 4.69) is 56.1 Å². The van der Waals surface area contributed by atoms with E-state index in [-0.39, 0.29) is 0 Å². The van der Waals surface area contributed by atoms with E-state index < -0.39 is 0 Å². The van der Waals surface area contributed by atoms with Gasteiger partial charge in [-0.05, 0) is 69.5 Å². The number of hydrogen-bond acceptors (Lipinski definition) is 3. The number of rotatable bonds is 6. The molecule has 1 N–H and O–H groups in total. The minimum atomic E-state index is 0.602. The second-order valence-corrected chi connectivity index (χ2v) is 5.87. The maximum Gasteiger partial charge on any atom is 0.153 e. The van der Waals surface area contributed by atoms with Gasteiger partial charge in [-0.1, -0.05) is 13.8 Å². The number of aromatic nitrogens is 3. The minimum Gasteiger partial charge on any atom is -0.317 e. The lowest BCUT2D eigenvalue weighted by molar-refractivity contribution is 0.519. The summed E-state index contributed by atoms with van der Waals surface area (Å²) >= 11 is 0. The van der Waals surface area contributed by atoms with Gasteiger partial charge in [0.05, 0.1) is 5.69 Å². The Morgan fingerprint density at radius 2 is 2.05 bits per heavy atom. The topological polar surface area (TPSA) is 42.7 Å². The van der Waals surface area contributed by atoms with Crippen LogP contribution in [0.3, 0.4) is 0 Å². The van der Waals surface area contributed by atoms with Crippen LogP contribution < -0.4 is 5.32 Å². The average Bonchev–Trinajstić information content (AvgIpc) is 2.73. The van der Waals surface area contributed by atoms with E-state index in [1.54, 1.807) is 0 Å². The van der Waals surface area contributed by atoms with Crippen LogP contribution in [0.5, 0.6) is 0 Å². The standard InChI is InChI=1S/C17H26N4/c1-6-18-11-13(3)9-16-14(4)20-21(15(16)5)17-10-12(2)7-8-19-17/h7-8,10,13,18H,6,9,11H2,1-5H3. The lowest BCUT2D eigenvalue weighted by atomic mass is 9.99. The van der Waals surface area contributed by atoms with Gasteiger partial charge in [0.25, 0.3) is 0 Å². The van der Waals surface area contributed by atoms with Crippen LogP contribution in [0.4, 0.5) is 0 Å². The summed E-state index contributed by atoms with van der Waals surface area (Å²) in [5, 5.41) is 8.10. The Bertz CT molecular complexity index is 601. The summed E-state index contributed by atoms with van der Waals surface area (Å²) in [6.45, 7) is 12.8. The highest BCUT2D eigenvalue weighted by Gasteiger charge is 2.15. The quantitative estimate of drug-likeness (QED) is 0.887. The van der Waals surface area contributed by atoms with Crippen LogP contribution in [0.25, 0.3) is 5.82 Å². The fourth-order valence-electron chi connectivity index (χ4n) is 2.64. The number of hydrogen-bond donors (Lipinski definition) is 1. The van der Waals surface area contributed by atoms with Gasteiger partial charge in [-0.15, -0.1) is 0 Å². The molecule has 0 saturated carbocycles. The van der Waals surface area contributed by atoms with Crippen molar-refractivity contribution in [2.75, 3.05) is 13.1 Å². The van der Waals surface area contributed by atoms with Crippen LogP contribution in [-0.4, -0.2) is 27.9 Å². The highest BCUT2D eigenvalue weighted by molar-refractivity contribution is 5.34. The summed E-state index contributed by atoms with van der Waals surface area (Å²) in [7, 11) is 0. The molecule has 0 aliphatic heterocycles. The number of nitrogens with zero attached hydrogens (tertiary/aromatic N) is 3. The van der Waals surface area contributed by atoms with Gasteiger partial charge in [0.2, 0.25) is 0 Å². The van der Waals surface area contributed by atoms with Crippen molar-refractivity contribution in [2.45, 2.75) is 41.0 Å². The van der Waals surface area contributed by atoms with Gasteiger partial charge >= 0.3 is 0 Å². The first-order valence-electron chi connectivity index (χ1n) is 7.71. The van der Waals surface area contributed by atoms with Gasteiger partial charge in [0.1, 0.15) is 0 Å². The molecule has 0 aliphatic rings. The van der Waals surface area contributed by atoms with Crippen molar-refractivity contribution in [1.29, 1.82) is 0 Å². The fourth-order valence-corrected chi connectivity index (χ4v) is 2.64.